The molecule has 3 aromatic rings. The van der Waals surface area contributed by atoms with E-state index in [1.165, 1.54) is 0 Å². The summed E-state index contributed by atoms with van der Waals surface area (Å²) >= 11 is 1.55. The van der Waals surface area contributed by atoms with Crippen LogP contribution in [0.1, 0.15) is 37.0 Å². The third kappa shape index (κ3) is 4.20. The number of likely N-dealkylation sites (N-methyl/N-ethyl adjacent to an activating group) is 1. The van der Waals surface area contributed by atoms with E-state index in [9.17, 15) is 4.79 Å². The Labute approximate surface area is 164 Å². The van der Waals surface area contributed by atoms with E-state index in [0.29, 0.717) is 12.2 Å². The number of hydrogen-bond donors (Lipinski definition) is 0. The molecule has 0 aliphatic rings. The SMILES string of the molecule is CCN(CC)CCN(C(=O)c1cc(C)n(CC)n1)c1nc2ccccc2s1. The quantitative estimate of drug-likeness (QED) is 0.592. The fourth-order valence-electron chi connectivity index (χ4n) is 3.11. The third-order valence-corrected chi connectivity index (χ3v) is 5.85. The first-order valence-electron chi connectivity index (χ1n) is 9.51. The number of benzene rings is 1. The van der Waals surface area contributed by atoms with Crippen LogP contribution < -0.4 is 4.90 Å². The average molecular weight is 386 g/mol. The van der Waals surface area contributed by atoms with Crippen molar-refractivity contribution in [2.45, 2.75) is 34.2 Å². The van der Waals surface area contributed by atoms with Crippen LogP contribution >= 0.6 is 11.3 Å². The van der Waals surface area contributed by atoms with E-state index in [1.54, 1.807) is 16.2 Å². The number of nitrogens with zero attached hydrogens (tertiary/aromatic N) is 5. The molecule has 0 aliphatic carbocycles. The molecule has 0 bridgehead atoms. The van der Waals surface area contributed by atoms with Gasteiger partial charge in [-0.25, -0.2) is 4.98 Å². The van der Waals surface area contributed by atoms with Gasteiger partial charge in [0.2, 0.25) is 0 Å². The number of aryl methyl sites for hydroxylation is 2. The molecule has 144 valence electrons. The number of carbonyl (C=O) groups excluding carboxylic acids is 1. The van der Waals surface area contributed by atoms with Gasteiger partial charge in [0.1, 0.15) is 0 Å². The van der Waals surface area contributed by atoms with Crippen molar-refractivity contribution in [3.63, 3.8) is 0 Å². The number of anilines is 1. The van der Waals surface area contributed by atoms with Gasteiger partial charge in [-0.1, -0.05) is 37.3 Å². The van der Waals surface area contributed by atoms with Crippen molar-refractivity contribution < 1.29 is 4.79 Å². The number of amides is 1. The summed E-state index contributed by atoms with van der Waals surface area (Å²) in [6, 6.07) is 9.86. The van der Waals surface area contributed by atoms with Crippen LogP contribution in [0, 0.1) is 6.92 Å². The normalized spacial score (nSPS) is 11.4. The van der Waals surface area contributed by atoms with E-state index in [1.807, 2.05) is 48.9 Å². The monoisotopic (exact) mass is 385 g/mol. The van der Waals surface area contributed by atoms with Crippen LogP contribution in [0.15, 0.2) is 30.3 Å². The lowest BCUT2D eigenvalue weighted by atomic mass is 10.3. The third-order valence-electron chi connectivity index (χ3n) is 4.79. The van der Waals surface area contributed by atoms with Crippen molar-refractivity contribution in [2.75, 3.05) is 31.1 Å². The molecule has 27 heavy (non-hydrogen) atoms. The maximum Gasteiger partial charge on any atom is 0.280 e. The Morgan fingerprint density at radius 2 is 1.89 bits per heavy atom. The molecule has 0 atom stereocenters. The topological polar surface area (TPSA) is 54.3 Å². The van der Waals surface area contributed by atoms with Crippen LogP contribution in [0.3, 0.4) is 0 Å². The van der Waals surface area contributed by atoms with Gasteiger partial charge >= 0.3 is 0 Å². The Balaban J connectivity index is 1.93. The van der Waals surface area contributed by atoms with Crippen molar-refractivity contribution in [2.24, 2.45) is 0 Å². The van der Waals surface area contributed by atoms with Gasteiger partial charge in [-0.2, -0.15) is 5.10 Å². The minimum atomic E-state index is -0.0866. The van der Waals surface area contributed by atoms with E-state index >= 15 is 0 Å². The molecule has 1 aromatic carbocycles. The predicted molar refractivity (Wildman–Crippen MR) is 112 cm³/mol. The zero-order chi connectivity index (χ0) is 19.4. The summed E-state index contributed by atoms with van der Waals surface area (Å²) < 4.78 is 2.94. The molecule has 0 fully saturated rings. The minimum absolute atomic E-state index is 0.0866. The van der Waals surface area contributed by atoms with Gasteiger partial charge in [-0.3, -0.25) is 14.4 Å². The van der Waals surface area contributed by atoms with Crippen molar-refractivity contribution in [3.8, 4) is 0 Å². The van der Waals surface area contributed by atoms with Crippen molar-refractivity contribution in [1.82, 2.24) is 19.7 Å². The van der Waals surface area contributed by atoms with Crippen LogP contribution in [0.2, 0.25) is 0 Å². The first-order valence-corrected chi connectivity index (χ1v) is 10.3. The van der Waals surface area contributed by atoms with E-state index in [2.05, 4.69) is 23.8 Å². The summed E-state index contributed by atoms with van der Waals surface area (Å²) in [5.41, 5.74) is 2.40. The van der Waals surface area contributed by atoms with E-state index in [4.69, 9.17) is 4.98 Å². The Morgan fingerprint density at radius 3 is 2.52 bits per heavy atom. The number of carbonyl (C=O) groups is 1. The molecule has 3 rings (SSSR count). The van der Waals surface area contributed by atoms with Crippen molar-refractivity contribution >= 4 is 32.6 Å². The highest BCUT2D eigenvalue weighted by Crippen LogP contribution is 2.29. The highest BCUT2D eigenvalue weighted by atomic mass is 32.1. The smallest absolute Gasteiger partial charge is 0.280 e. The van der Waals surface area contributed by atoms with Crippen LogP contribution in [-0.2, 0) is 6.54 Å². The predicted octanol–water partition coefficient (Wildman–Crippen LogP) is 3.81. The van der Waals surface area contributed by atoms with Crippen LogP contribution in [0.5, 0.6) is 0 Å². The largest absolute Gasteiger partial charge is 0.302 e. The maximum absolute atomic E-state index is 13.3. The number of thiazole rings is 1. The number of fused-ring (bicyclic) bond motifs is 1. The number of hydrogen-bond acceptors (Lipinski definition) is 5. The minimum Gasteiger partial charge on any atom is -0.302 e. The van der Waals surface area contributed by atoms with E-state index in [0.717, 1.165) is 47.2 Å². The fraction of sp³-hybridized carbons (Fsp3) is 0.450. The molecule has 0 aliphatic heterocycles. The lowest BCUT2D eigenvalue weighted by molar-refractivity contribution is 0.0978. The van der Waals surface area contributed by atoms with Gasteiger partial charge in [0.15, 0.2) is 10.8 Å². The van der Waals surface area contributed by atoms with Gasteiger partial charge in [0, 0.05) is 25.3 Å². The second-order valence-electron chi connectivity index (χ2n) is 6.43. The molecule has 0 radical (unpaired) electrons. The zero-order valence-electron chi connectivity index (χ0n) is 16.5. The highest BCUT2D eigenvalue weighted by molar-refractivity contribution is 7.22. The first kappa shape index (κ1) is 19.5. The lowest BCUT2D eigenvalue weighted by Crippen LogP contribution is -2.39. The summed E-state index contributed by atoms with van der Waals surface area (Å²) in [5, 5.41) is 5.22. The van der Waals surface area contributed by atoms with Crippen molar-refractivity contribution in [3.05, 3.63) is 41.7 Å². The first-order chi connectivity index (χ1) is 13.1. The average Bonchev–Trinajstić information content (AvgIpc) is 3.28. The van der Waals surface area contributed by atoms with Gasteiger partial charge in [0.05, 0.1) is 10.2 Å². The number of para-hydroxylation sites is 1. The number of rotatable bonds is 8. The molecular weight excluding hydrogens is 358 g/mol. The zero-order valence-corrected chi connectivity index (χ0v) is 17.3. The summed E-state index contributed by atoms with van der Waals surface area (Å²) in [6.07, 6.45) is 0. The molecule has 0 unspecified atom stereocenters. The molecule has 0 N–H and O–H groups in total. The second-order valence-corrected chi connectivity index (χ2v) is 7.44. The molecule has 2 heterocycles. The maximum atomic E-state index is 13.3. The van der Waals surface area contributed by atoms with E-state index < -0.39 is 0 Å². The summed E-state index contributed by atoms with van der Waals surface area (Å²) in [4.78, 5) is 22.1. The molecule has 7 heteroatoms. The van der Waals surface area contributed by atoms with Crippen LogP contribution in [0.25, 0.3) is 10.2 Å². The molecule has 6 nitrogen and oxygen atoms in total. The van der Waals surface area contributed by atoms with Gasteiger partial charge in [0.25, 0.3) is 5.91 Å². The number of aromatic nitrogens is 3. The molecule has 0 spiro atoms. The molecule has 0 saturated carbocycles. The van der Waals surface area contributed by atoms with Crippen LogP contribution in [0.4, 0.5) is 5.13 Å². The highest BCUT2D eigenvalue weighted by Gasteiger charge is 2.24. The summed E-state index contributed by atoms with van der Waals surface area (Å²) in [5.74, 6) is -0.0866. The molecular formula is C20H27N5OS. The Morgan fingerprint density at radius 1 is 1.15 bits per heavy atom. The fourth-order valence-corrected chi connectivity index (χ4v) is 4.10. The lowest BCUT2D eigenvalue weighted by Gasteiger charge is -2.24. The summed E-state index contributed by atoms with van der Waals surface area (Å²) in [7, 11) is 0. The standard InChI is InChI=1S/C20H27N5OS/c1-5-23(6-2)12-13-24(19(26)17-14-15(4)25(7-3)22-17)20-21-16-10-8-9-11-18(16)27-20/h8-11,14H,5-7,12-13H2,1-4H3. The van der Waals surface area contributed by atoms with Gasteiger partial charge in [-0.05, 0) is 45.1 Å². The molecule has 0 saturated heterocycles. The van der Waals surface area contributed by atoms with Crippen molar-refractivity contribution in [1.29, 1.82) is 0 Å². The van der Waals surface area contributed by atoms with Crippen LogP contribution in [-0.4, -0.2) is 51.8 Å². The molecule has 2 aromatic heterocycles. The molecule has 1 amide bonds. The van der Waals surface area contributed by atoms with E-state index in [-0.39, 0.29) is 5.91 Å². The Kier molecular flexibility index (Phi) is 6.23. The van der Waals surface area contributed by atoms with Gasteiger partial charge in [-0.15, -0.1) is 0 Å². The Hall–Kier alpha value is -2.25. The Bertz CT molecular complexity index is 879. The second kappa shape index (κ2) is 8.63. The summed E-state index contributed by atoms with van der Waals surface area (Å²) in [6.45, 7) is 12.4. The van der Waals surface area contributed by atoms with Gasteiger partial charge < -0.3 is 4.90 Å².